The van der Waals surface area contributed by atoms with E-state index in [-0.39, 0.29) is 43.1 Å². The fourth-order valence-corrected chi connectivity index (χ4v) is 5.31. The van der Waals surface area contributed by atoms with Gasteiger partial charge in [0.05, 0.1) is 24.9 Å². The molecule has 3 atom stereocenters. The van der Waals surface area contributed by atoms with E-state index in [1.54, 1.807) is 24.3 Å². The molecule has 4 rings (SSSR count). The van der Waals surface area contributed by atoms with Gasteiger partial charge in [-0.15, -0.1) is 0 Å². The van der Waals surface area contributed by atoms with Crippen LogP contribution >= 0.6 is 0 Å². The Hall–Kier alpha value is -4.07. The summed E-state index contributed by atoms with van der Waals surface area (Å²) in [5.41, 5.74) is 0.925. The van der Waals surface area contributed by atoms with E-state index in [2.05, 4.69) is 10.6 Å². The van der Waals surface area contributed by atoms with Crippen LogP contribution in [-0.4, -0.2) is 72.7 Å². The van der Waals surface area contributed by atoms with Crippen LogP contribution in [0.25, 0.3) is 0 Å². The minimum Gasteiger partial charge on any atom is -0.506 e. The lowest BCUT2D eigenvalue weighted by Crippen LogP contribution is -2.49. The second-order valence-corrected chi connectivity index (χ2v) is 10.6. The number of ether oxygens (including phenoxy) is 2. The number of carbonyl (C=O) groups is 3. The first-order valence-corrected chi connectivity index (χ1v) is 13.8. The molecule has 1 aliphatic carbocycles. The molecule has 43 heavy (non-hydrogen) atoms. The molecule has 2 aromatic carbocycles. The van der Waals surface area contributed by atoms with Crippen molar-refractivity contribution in [2.45, 2.75) is 62.8 Å². The van der Waals surface area contributed by atoms with Gasteiger partial charge in [-0.25, -0.2) is 14.0 Å². The number of phenols is 1. The first-order valence-electron chi connectivity index (χ1n) is 13.8. The molecule has 1 unspecified atom stereocenters. The van der Waals surface area contributed by atoms with Crippen molar-refractivity contribution in [2.24, 2.45) is 5.92 Å². The normalized spacial score (nSPS) is 21.9. The number of hydrogen-bond acceptors (Lipinski definition) is 6. The summed E-state index contributed by atoms with van der Waals surface area (Å²) < 4.78 is 64.2. The smallest absolute Gasteiger partial charge is 0.410 e. The molecule has 14 heteroatoms. The minimum atomic E-state index is -4.65. The van der Waals surface area contributed by atoms with E-state index >= 15 is 0 Å². The molecule has 0 spiro atoms. The van der Waals surface area contributed by atoms with Crippen LogP contribution in [0.5, 0.6) is 5.75 Å². The molecule has 1 saturated carbocycles. The number of nitrogens with zero attached hydrogens (tertiary/aromatic N) is 1. The fourth-order valence-electron chi connectivity index (χ4n) is 5.31. The highest BCUT2D eigenvalue weighted by Crippen LogP contribution is 2.34. The van der Waals surface area contributed by atoms with E-state index in [4.69, 9.17) is 9.47 Å². The molecule has 0 radical (unpaired) electrons. The van der Waals surface area contributed by atoms with Crippen LogP contribution < -0.4 is 16.0 Å². The van der Waals surface area contributed by atoms with Gasteiger partial charge in [0.25, 0.3) is 0 Å². The largest absolute Gasteiger partial charge is 0.506 e. The first kappa shape index (κ1) is 31.9. The third kappa shape index (κ3) is 8.27. The Labute approximate surface area is 245 Å². The van der Waals surface area contributed by atoms with E-state index in [0.717, 1.165) is 10.5 Å². The fraction of sp³-hybridized carbons (Fsp3) is 0.483. The number of nitrogens with one attached hydrogen (secondary N) is 3. The number of rotatable bonds is 10. The predicted molar refractivity (Wildman–Crippen MR) is 147 cm³/mol. The van der Waals surface area contributed by atoms with E-state index in [1.807, 2.05) is 11.4 Å². The Kier molecular flexibility index (Phi) is 10.3. The zero-order chi connectivity index (χ0) is 31.1. The van der Waals surface area contributed by atoms with E-state index in [0.29, 0.717) is 12.8 Å². The van der Waals surface area contributed by atoms with Gasteiger partial charge < -0.3 is 35.4 Å². The summed E-state index contributed by atoms with van der Waals surface area (Å²) in [7, 11) is 1.32. The molecular formula is C29H34F4N4O6. The van der Waals surface area contributed by atoms with Gasteiger partial charge in [-0.05, 0) is 54.9 Å². The summed E-state index contributed by atoms with van der Waals surface area (Å²) in [5, 5.41) is 17.6. The van der Waals surface area contributed by atoms with Crippen molar-refractivity contribution < 1.29 is 46.5 Å². The highest BCUT2D eigenvalue weighted by atomic mass is 19.4. The predicted octanol–water partition coefficient (Wildman–Crippen LogP) is 4.80. The van der Waals surface area contributed by atoms with Crippen LogP contribution in [0.4, 0.5) is 32.8 Å². The van der Waals surface area contributed by atoms with Gasteiger partial charge in [0.2, 0.25) is 5.91 Å². The lowest BCUT2D eigenvalue weighted by Gasteiger charge is -2.31. The molecular weight excluding hydrogens is 576 g/mol. The Bertz CT molecular complexity index is 1270. The maximum atomic E-state index is 13.9. The lowest BCUT2D eigenvalue weighted by atomic mass is 9.82. The number of benzene rings is 2. The molecule has 0 bridgehead atoms. The number of carbonyl (C=O) groups excluding carboxylic acids is 3. The Morgan fingerprint density at radius 2 is 1.81 bits per heavy atom. The van der Waals surface area contributed by atoms with Crippen molar-refractivity contribution in [1.82, 2.24) is 15.5 Å². The number of alkyl halides is 4. The van der Waals surface area contributed by atoms with Crippen LogP contribution in [0.3, 0.4) is 0 Å². The highest BCUT2D eigenvalue weighted by Gasteiger charge is 2.48. The van der Waals surface area contributed by atoms with Gasteiger partial charge >= 0.3 is 18.3 Å². The topological polar surface area (TPSA) is 129 Å². The Morgan fingerprint density at radius 1 is 1.12 bits per heavy atom. The molecule has 2 fully saturated rings. The van der Waals surface area contributed by atoms with Gasteiger partial charge in [0.15, 0.2) is 0 Å². The molecule has 4 N–H and O–H groups in total. The number of alkyl carbamates (subject to hydrolysis) is 1. The maximum absolute atomic E-state index is 13.9. The van der Waals surface area contributed by atoms with Crippen LogP contribution in [0.15, 0.2) is 48.5 Å². The number of urea groups is 1. The first-order chi connectivity index (χ1) is 20.5. The molecule has 1 aliphatic heterocycles. The number of aromatic hydroxyl groups is 1. The minimum absolute atomic E-state index is 0.0404. The van der Waals surface area contributed by atoms with Gasteiger partial charge in [0.1, 0.15) is 30.6 Å². The number of halogens is 4. The number of amides is 4. The molecule has 0 aromatic heterocycles. The maximum Gasteiger partial charge on any atom is 0.410 e. The zero-order valence-electron chi connectivity index (χ0n) is 23.4. The summed E-state index contributed by atoms with van der Waals surface area (Å²) in [4.78, 5) is 39.6. The summed E-state index contributed by atoms with van der Waals surface area (Å²) in [6, 6.07) is 7.75. The second-order valence-electron chi connectivity index (χ2n) is 10.6. The Balaban J connectivity index is 1.52. The third-order valence-corrected chi connectivity index (χ3v) is 7.64. The molecule has 234 valence electrons. The zero-order valence-corrected chi connectivity index (χ0v) is 23.4. The van der Waals surface area contributed by atoms with Crippen molar-refractivity contribution in [3.63, 3.8) is 0 Å². The number of methoxy groups -OCH3 is 1. The van der Waals surface area contributed by atoms with E-state index in [1.165, 1.54) is 25.3 Å². The van der Waals surface area contributed by atoms with Crippen molar-refractivity contribution in [3.8, 4) is 5.75 Å². The van der Waals surface area contributed by atoms with Crippen molar-refractivity contribution in [3.05, 3.63) is 59.7 Å². The van der Waals surface area contributed by atoms with Crippen LogP contribution in [0, 0.1) is 5.92 Å². The molecule has 1 heterocycles. The molecule has 2 aromatic rings. The summed E-state index contributed by atoms with van der Waals surface area (Å²) >= 11 is 0. The quantitative estimate of drug-likeness (QED) is 0.226. The van der Waals surface area contributed by atoms with Crippen molar-refractivity contribution in [1.29, 1.82) is 0 Å². The average Bonchev–Trinajstić information content (AvgIpc) is 3.37. The number of hydrogen-bond donors (Lipinski definition) is 4. The summed E-state index contributed by atoms with van der Waals surface area (Å²) in [5.74, 6) is -1.48. The standard InChI is InChI=1S/C29H34F4N4O6/c1-42-16-22(37-14-24(29(31,32)33)35-27(37)40)19-9-12-23(38)21(13-19)34-26(39)25(18-7-10-20(30)11-8-18)36-28(41)43-15-17-5-3-2-4-6-17/h2-6,9,12-13,18,20,22,24-25,38H,7-8,10-11,14-16H2,1H3,(H,34,39)(H,35,40)(H,36,41)/t18?,20?,22-,24+,25?/m1/s1. The highest BCUT2D eigenvalue weighted by molar-refractivity contribution is 5.98. The summed E-state index contributed by atoms with van der Waals surface area (Å²) in [6.45, 7) is -0.867. The average molecular weight is 611 g/mol. The van der Waals surface area contributed by atoms with Gasteiger partial charge in [0, 0.05) is 7.11 Å². The van der Waals surface area contributed by atoms with Crippen LogP contribution in [0.2, 0.25) is 0 Å². The monoisotopic (exact) mass is 610 g/mol. The lowest BCUT2D eigenvalue weighted by molar-refractivity contribution is -0.150. The second kappa shape index (κ2) is 13.9. The van der Waals surface area contributed by atoms with Gasteiger partial charge in [-0.3, -0.25) is 4.79 Å². The number of phenolic OH excluding ortho intramolecular Hbond substituents is 1. The van der Waals surface area contributed by atoms with Crippen LogP contribution in [0.1, 0.15) is 42.9 Å². The molecule has 10 nitrogen and oxygen atoms in total. The molecule has 2 aliphatic rings. The van der Waals surface area contributed by atoms with Crippen molar-refractivity contribution >= 4 is 23.7 Å². The molecule has 1 saturated heterocycles. The van der Waals surface area contributed by atoms with E-state index < -0.39 is 61.0 Å². The third-order valence-electron chi connectivity index (χ3n) is 7.64. The summed E-state index contributed by atoms with van der Waals surface area (Å²) in [6.07, 6.45) is -5.44. The van der Waals surface area contributed by atoms with Gasteiger partial charge in [-0.2, -0.15) is 13.2 Å². The SMILES string of the molecule is COC[C@H](c1ccc(O)c(NC(=O)C(NC(=O)OCc2ccccc2)C2CCC(F)CC2)c1)N1C[C@@H](C(F)(F)F)NC1=O. The van der Waals surface area contributed by atoms with E-state index in [9.17, 15) is 37.1 Å². The van der Waals surface area contributed by atoms with Crippen LogP contribution in [-0.2, 0) is 20.9 Å². The Morgan fingerprint density at radius 3 is 2.44 bits per heavy atom. The van der Waals surface area contributed by atoms with Gasteiger partial charge in [-0.1, -0.05) is 36.4 Å². The molecule has 4 amide bonds. The van der Waals surface area contributed by atoms with Crippen molar-refractivity contribution in [2.75, 3.05) is 25.6 Å². The number of anilines is 1.